The van der Waals surface area contributed by atoms with Crippen LogP contribution in [0, 0.1) is 32.1 Å². The summed E-state index contributed by atoms with van der Waals surface area (Å²) in [5.74, 6) is 0. The van der Waals surface area contributed by atoms with Crippen molar-refractivity contribution in [3.05, 3.63) is 74.4 Å². The van der Waals surface area contributed by atoms with Crippen LogP contribution in [0.25, 0.3) is 11.3 Å². The van der Waals surface area contributed by atoms with E-state index in [2.05, 4.69) is 49.3 Å². The zero-order valence-corrected chi connectivity index (χ0v) is 18.0. The van der Waals surface area contributed by atoms with Crippen LogP contribution in [-0.2, 0) is 4.74 Å². The molecule has 1 heterocycles. The molecule has 0 radical (unpaired) electrons. The van der Waals surface area contributed by atoms with Gasteiger partial charge in [0.1, 0.15) is 0 Å². The Morgan fingerprint density at radius 1 is 1.10 bits per heavy atom. The highest BCUT2D eigenvalue weighted by Crippen LogP contribution is 2.27. The molecule has 0 aliphatic heterocycles. The minimum atomic E-state index is 0.565. The summed E-state index contributed by atoms with van der Waals surface area (Å²) in [6.07, 6.45) is 1.79. The van der Waals surface area contributed by atoms with Gasteiger partial charge in [0, 0.05) is 18.1 Å². The topological polar surface area (TPSA) is 62.7 Å². The molecule has 5 nitrogen and oxygen atoms in total. The molecule has 0 saturated heterocycles. The molecule has 0 unspecified atom stereocenters. The Labute approximate surface area is 175 Å². The SMILES string of the molecule is COCCN=c1scc(-c2cc(C)c(C)cc2C)n1/N=C\c1ccc(C#N)cc1. The lowest BCUT2D eigenvalue weighted by Crippen LogP contribution is -2.14. The van der Waals surface area contributed by atoms with Crippen LogP contribution in [0.4, 0.5) is 0 Å². The summed E-state index contributed by atoms with van der Waals surface area (Å²) in [6, 6.07) is 13.9. The van der Waals surface area contributed by atoms with Crippen molar-refractivity contribution in [2.45, 2.75) is 20.8 Å². The molecule has 0 bridgehead atoms. The number of aryl methyl sites for hydroxylation is 3. The van der Waals surface area contributed by atoms with Crippen molar-refractivity contribution in [3.8, 4) is 17.3 Å². The summed E-state index contributed by atoms with van der Waals surface area (Å²) in [5.41, 5.74) is 7.44. The Morgan fingerprint density at radius 2 is 1.83 bits per heavy atom. The molecule has 0 aliphatic carbocycles. The van der Waals surface area contributed by atoms with Crippen molar-refractivity contribution in [1.29, 1.82) is 5.26 Å². The van der Waals surface area contributed by atoms with Crippen molar-refractivity contribution in [1.82, 2.24) is 4.68 Å². The van der Waals surface area contributed by atoms with Gasteiger partial charge in [-0.1, -0.05) is 18.2 Å². The van der Waals surface area contributed by atoms with Crippen molar-refractivity contribution < 1.29 is 4.74 Å². The van der Waals surface area contributed by atoms with E-state index in [1.807, 2.05) is 16.8 Å². The molecular weight excluding hydrogens is 380 g/mol. The van der Waals surface area contributed by atoms with Gasteiger partial charge in [0.2, 0.25) is 4.80 Å². The largest absolute Gasteiger partial charge is 0.383 e. The van der Waals surface area contributed by atoms with Crippen LogP contribution in [0.3, 0.4) is 0 Å². The average Bonchev–Trinajstić information content (AvgIpc) is 3.12. The quantitative estimate of drug-likeness (QED) is 0.450. The van der Waals surface area contributed by atoms with Crippen LogP contribution in [0.15, 0.2) is 51.9 Å². The zero-order valence-electron chi connectivity index (χ0n) is 17.1. The number of aromatic nitrogens is 1. The minimum absolute atomic E-state index is 0.565. The maximum atomic E-state index is 8.97. The maximum absolute atomic E-state index is 8.97. The lowest BCUT2D eigenvalue weighted by molar-refractivity contribution is 0.207. The van der Waals surface area contributed by atoms with E-state index in [9.17, 15) is 0 Å². The summed E-state index contributed by atoms with van der Waals surface area (Å²) in [5, 5.41) is 15.8. The van der Waals surface area contributed by atoms with Crippen LogP contribution >= 0.6 is 11.3 Å². The predicted octanol–water partition coefficient (Wildman–Crippen LogP) is 4.44. The Morgan fingerprint density at radius 3 is 2.52 bits per heavy atom. The van der Waals surface area contributed by atoms with E-state index < -0.39 is 0 Å². The summed E-state index contributed by atoms with van der Waals surface area (Å²) in [7, 11) is 1.67. The Hall–Kier alpha value is -3.01. The monoisotopic (exact) mass is 404 g/mol. The normalized spacial score (nSPS) is 11.9. The van der Waals surface area contributed by atoms with Gasteiger partial charge < -0.3 is 4.74 Å². The predicted molar refractivity (Wildman–Crippen MR) is 118 cm³/mol. The molecule has 0 spiro atoms. The number of ether oxygens (including phenoxy) is 1. The van der Waals surface area contributed by atoms with Gasteiger partial charge in [0.25, 0.3) is 0 Å². The number of hydrogen-bond acceptors (Lipinski definition) is 5. The van der Waals surface area contributed by atoms with E-state index in [1.165, 1.54) is 16.7 Å². The second kappa shape index (κ2) is 9.46. The van der Waals surface area contributed by atoms with Crippen molar-refractivity contribution in [3.63, 3.8) is 0 Å². The van der Waals surface area contributed by atoms with Crippen LogP contribution in [0.1, 0.15) is 27.8 Å². The van der Waals surface area contributed by atoms with Crippen LogP contribution in [-0.4, -0.2) is 31.2 Å². The molecule has 148 valence electrons. The first-order chi connectivity index (χ1) is 14.0. The standard InChI is InChI=1S/C23H24N4OS/c1-16-11-18(3)21(12-17(16)2)22-15-29-23(25-9-10-28-4)27(22)26-14-20-7-5-19(13-24)6-8-20/h5-8,11-12,14-15H,9-10H2,1-4H3/b25-23?,26-14-. The number of nitriles is 1. The molecule has 0 atom stereocenters. The second-order valence-corrected chi connectivity index (χ2v) is 7.66. The van der Waals surface area contributed by atoms with Crippen LogP contribution < -0.4 is 4.80 Å². The number of hydrogen-bond donors (Lipinski definition) is 0. The summed E-state index contributed by atoms with van der Waals surface area (Å²) >= 11 is 1.57. The third-order valence-corrected chi connectivity index (χ3v) is 5.56. The van der Waals surface area contributed by atoms with Gasteiger partial charge in [-0.05, 0) is 61.2 Å². The van der Waals surface area contributed by atoms with Crippen LogP contribution in [0.5, 0.6) is 0 Å². The Balaban J connectivity index is 2.08. The highest BCUT2D eigenvalue weighted by molar-refractivity contribution is 7.07. The lowest BCUT2D eigenvalue weighted by atomic mass is 9.99. The van der Waals surface area contributed by atoms with E-state index in [1.54, 1.807) is 36.8 Å². The highest BCUT2D eigenvalue weighted by atomic mass is 32.1. The van der Waals surface area contributed by atoms with E-state index in [4.69, 9.17) is 15.1 Å². The molecule has 29 heavy (non-hydrogen) atoms. The third-order valence-electron chi connectivity index (χ3n) is 4.71. The maximum Gasteiger partial charge on any atom is 0.206 e. The second-order valence-electron chi connectivity index (χ2n) is 6.82. The number of rotatable bonds is 6. The van der Waals surface area contributed by atoms with Crippen molar-refractivity contribution >= 4 is 17.6 Å². The number of benzene rings is 2. The molecule has 3 aromatic rings. The first-order valence-electron chi connectivity index (χ1n) is 9.36. The van der Waals surface area contributed by atoms with E-state index in [-0.39, 0.29) is 0 Å². The smallest absolute Gasteiger partial charge is 0.206 e. The van der Waals surface area contributed by atoms with Crippen molar-refractivity contribution in [2.75, 3.05) is 20.3 Å². The van der Waals surface area contributed by atoms with Gasteiger partial charge in [-0.15, -0.1) is 11.3 Å². The first-order valence-corrected chi connectivity index (χ1v) is 10.2. The summed E-state index contributed by atoms with van der Waals surface area (Å²) in [6.45, 7) is 7.51. The molecule has 0 N–H and O–H groups in total. The molecule has 0 amide bonds. The van der Waals surface area contributed by atoms with Crippen LogP contribution in [0.2, 0.25) is 0 Å². The van der Waals surface area contributed by atoms with E-state index in [0.29, 0.717) is 18.7 Å². The fourth-order valence-corrected chi connectivity index (χ4v) is 3.80. The zero-order chi connectivity index (χ0) is 20.8. The van der Waals surface area contributed by atoms with E-state index in [0.717, 1.165) is 21.6 Å². The highest BCUT2D eigenvalue weighted by Gasteiger charge is 2.11. The van der Waals surface area contributed by atoms with Gasteiger partial charge in [-0.2, -0.15) is 10.4 Å². The van der Waals surface area contributed by atoms with Gasteiger partial charge in [0.05, 0.1) is 36.7 Å². The summed E-state index contributed by atoms with van der Waals surface area (Å²) in [4.78, 5) is 5.47. The molecule has 3 rings (SSSR count). The van der Waals surface area contributed by atoms with Crippen molar-refractivity contribution in [2.24, 2.45) is 10.1 Å². The molecule has 6 heteroatoms. The van der Waals surface area contributed by atoms with Gasteiger partial charge in [-0.25, -0.2) is 4.68 Å². The molecule has 0 saturated carbocycles. The fourth-order valence-electron chi connectivity index (χ4n) is 2.94. The van der Waals surface area contributed by atoms with Gasteiger partial charge in [-0.3, -0.25) is 4.99 Å². The Kier molecular flexibility index (Phi) is 6.76. The number of thiazole rings is 1. The summed E-state index contributed by atoms with van der Waals surface area (Å²) < 4.78 is 7.02. The fraction of sp³-hybridized carbons (Fsp3) is 0.261. The minimum Gasteiger partial charge on any atom is -0.383 e. The Bertz CT molecular complexity index is 1130. The van der Waals surface area contributed by atoms with Gasteiger partial charge in [0.15, 0.2) is 0 Å². The number of nitrogens with zero attached hydrogens (tertiary/aromatic N) is 4. The molecule has 1 aromatic heterocycles. The molecule has 2 aromatic carbocycles. The third kappa shape index (κ3) is 4.89. The number of methoxy groups -OCH3 is 1. The molecule has 0 aliphatic rings. The van der Waals surface area contributed by atoms with E-state index >= 15 is 0 Å². The first kappa shape index (κ1) is 20.7. The molecule has 0 fully saturated rings. The average molecular weight is 405 g/mol. The van der Waals surface area contributed by atoms with Gasteiger partial charge >= 0.3 is 0 Å². The molecular formula is C23H24N4OS. The lowest BCUT2D eigenvalue weighted by Gasteiger charge is -2.10.